The molecule has 1 aromatic heterocycles. The number of hydrogen-bond acceptors (Lipinski definition) is 6. The van der Waals surface area contributed by atoms with Gasteiger partial charge in [-0.1, -0.05) is 0 Å². The second-order valence-electron chi connectivity index (χ2n) is 6.09. The molecule has 1 amide bonds. The molecule has 1 aromatic rings. The molecule has 7 heteroatoms. The highest BCUT2D eigenvalue weighted by Gasteiger charge is 2.35. The Bertz CT molecular complexity index is 643. The normalized spacial score (nSPS) is 14.8. The van der Waals surface area contributed by atoms with Gasteiger partial charge in [0.05, 0.1) is 22.2 Å². The van der Waals surface area contributed by atoms with Gasteiger partial charge in [0, 0.05) is 11.1 Å². The van der Waals surface area contributed by atoms with E-state index in [1.54, 1.807) is 20.8 Å². The van der Waals surface area contributed by atoms with Crippen LogP contribution < -0.4 is 0 Å². The fourth-order valence-corrected chi connectivity index (χ4v) is 4.24. The number of nitrogens with zero attached hydrogens (tertiary/aromatic N) is 1. The Balaban J connectivity index is 2.37. The fraction of sp³-hybridized carbons (Fsp3) is 0.533. The summed E-state index contributed by atoms with van der Waals surface area (Å²) in [5.41, 5.74) is 0.634. The number of thiophene rings is 1. The highest BCUT2D eigenvalue weighted by Crippen LogP contribution is 2.38. The number of thioether (sulfide) groups is 1. The summed E-state index contributed by atoms with van der Waals surface area (Å²) >= 11 is 2.78. The van der Waals surface area contributed by atoms with E-state index in [0.29, 0.717) is 16.0 Å². The Hall–Kier alpha value is -1.34. The molecule has 0 saturated carbocycles. The predicted octanol–water partition coefficient (Wildman–Crippen LogP) is 3.61. The molecule has 22 heavy (non-hydrogen) atoms. The zero-order valence-electron chi connectivity index (χ0n) is 13.3. The van der Waals surface area contributed by atoms with Crippen molar-refractivity contribution >= 4 is 40.8 Å². The van der Waals surface area contributed by atoms with E-state index in [1.807, 2.05) is 6.26 Å². The van der Waals surface area contributed by atoms with Crippen molar-refractivity contribution < 1.29 is 19.1 Å². The number of hydrogen-bond donors (Lipinski definition) is 0. The van der Waals surface area contributed by atoms with Crippen LogP contribution in [-0.4, -0.2) is 41.0 Å². The van der Waals surface area contributed by atoms with E-state index >= 15 is 0 Å². The second-order valence-corrected chi connectivity index (χ2v) is 8.19. The summed E-state index contributed by atoms with van der Waals surface area (Å²) in [5, 5.41) is 0. The molecule has 0 aromatic carbocycles. The molecular weight excluding hydrogens is 322 g/mol. The Morgan fingerprint density at radius 1 is 1.27 bits per heavy atom. The van der Waals surface area contributed by atoms with E-state index in [1.165, 1.54) is 34.9 Å². The van der Waals surface area contributed by atoms with E-state index in [4.69, 9.17) is 4.74 Å². The Labute approximate surface area is 138 Å². The van der Waals surface area contributed by atoms with E-state index in [-0.39, 0.29) is 24.7 Å². The van der Waals surface area contributed by atoms with Crippen LogP contribution in [0.15, 0.2) is 4.21 Å². The quantitative estimate of drug-likeness (QED) is 0.607. The maximum atomic E-state index is 12.4. The summed E-state index contributed by atoms with van der Waals surface area (Å²) in [7, 11) is 0. The molecule has 120 valence electrons. The lowest BCUT2D eigenvalue weighted by Gasteiger charge is -2.30. The smallest absolute Gasteiger partial charge is 0.411 e. The van der Waals surface area contributed by atoms with Crippen LogP contribution in [0.25, 0.3) is 0 Å². The van der Waals surface area contributed by atoms with Crippen molar-refractivity contribution in [2.75, 3.05) is 12.8 Å². The summed E-state index contributed by atoms with van der Waals surface area (Å²) in [6.45, 7) is 7.04. The standard InChI is InChI=1S/C15H19NO4S2/c1-8(17)12-9-6-16(14(19)20-15(2,3)4)7-10(18)11(9)13(21-5)22-12/h6-7H2,1-5H3. The SMILES string of the molecule is CSc1sc(C(C)=O)c2c1C(=O)CN(C(=O)OC(C)(C)C)C2. The van der Waals surface area contributed by atoms with Crippen molar-refractivity contribution in [3.8, 4) is 0 Å². The number of ketones is 2. The molecule has 1 aliphatic heterocycles. The van der Waals surface area contributed by atoms with Gasteiger partial charge in [0.2, 0.25) is 0 Å². The monoisotopic (exact) mass is 341 g/mol. The summed E-state index contributed by atoms with van der Waals surface area (Å²) in [5.74, 6) is -0.222. The summed E-state index contributed by atoms with van der Waals surface area (Å²) in [6, 6.07) is 0. The van der Waals surface area contributed by atoms with Crippen LogP contribution >= 0.6 is 23.1 Å². The van der Waals surface area contributed by atoms with Gasteiger partial charge in [0.15, 0.2) is 11.6 Å². The number of Topliss-reactive ketones (excluding diaryl/α,β-unsaturated/α-hetero) is 2. The van der Waals surface area contributed by atoms with Crippen LogP contribution in [-0.2, 0) is 11.3 Å². The fourth-order valence-electron chi connectivity index (χ4n) is 2.26. The van der Waals surface area contributed by atoms with E-state index in [9.17, 15) is 14.4 Å². The van der Waals surface area contributed by atoms with Gasteiger partial charge in [0.1, 0.15) is 5.60 Å². The van der Waals surface area contributed by atoms with Crippen LogP contribution in [0.3, 0.4) is 0 Å². The lowest BCUT2D eigenvalue weighted by atomic mass is 10.0. The third kappa shape index (κ3) is 3.35. The lowest BCUT2D eigenvalue weighted by molar-refractivity contribution is 0.0219. The number of ether oxygens (including phenoxy) is 1. The summed E-state index contributed by atoms with van der Waals surface area (Å²) < 4.78 is 6.16. The van der Waals surface area contributed by atoms with Gasteiger partial charge < -0.3 is 4.74 Å². The minimum Gasteiger partial charge on any atom is -0.444 e. The molecule has 0 spiro atoms. The molecule has 0 saturated heterocycles. The molecule has 0 atom stereocenters. The minimum atomic E-state index is -0.622. The first-order valence-corrected chi connectivity index (χ1v) is 8.90. The summed E-state index contributed by atoms with van der Waals surface area (Å²) in [4.78, 5) is 38.3. The second kappa shape index (κ2) is 6.04. The molecule has 1 aliphatic rings. The third-order valence-electron chi connectivity index (χ3n) is 3.09. The number of carbonyl (C=O) groups is 3. The number of fused-ring (bicyclic) bond motifs is 1. The first kappa shape index (κ1) is 17.0. The van der Waals surface area contributed by atoms with Gasteiger partial charge in [-0.15, -0.1) is 23.1 Å². The van der Waals surface area contributed by atoms with Crippen molar-refractivity contribution in [1.82, 2.24) is 4.90 Å². The molecule has 0 N–H and O–H groups in total. The van der Waals surface area contributed by atoms with E-state index < -0.39 is 11.7 Å². The van der Waals surface area contributed by atoms with Gasteiger partial charge in [0.25, 0.3) is 0 Å². The number of amides is 1. The van der Waals surface area contributed by atoms with Gasteiger partial charge >= 0.3 is 6.09 Å². The highest BCUT2D eigenvalue weighted by molar-refractivity contribution is 8.00. The van der Waals surface area contributed by atoms with Crippen molar-refractivity contribution in [2.45, 2.75) is 44.0 Å². The largest absolute Gasteiger partial charge is 0.444 e. The van der Waals surface area contributed by atoms with Gasteiger partial charge in [-0.25, -0.2) is 4.79 Å². The predicted molar refractivity (Wildman–Crippen MR) is 87.1 cm³/mol. The average Bonchev–Trinajstić information content (AvgIpc) is 2.76. The topological polar surface area (TPSA) is 63.7 Å². The molecule has 5 nitrogen and oxygen atoms in total. The van der Waals surface area contributed by atoms with Crippen LogP contribution in [0.4, 0.5) is 4.79 Å². The third-order valence-corrected chi connectivity index (χ3v) is 5.55. The molecular formula is C15H19NO4S2. The van der Waals surface area contributed by atoms with Crippen LogP contribution in [0.1, 0.15) is 53.3 Å². The van der Waals surface area contributed by atoms with Gasteiger partial charge in [-0.2, -0.15) is 0 Å². The molecule has 0 aliphatic carbocycles. The van der Waals surface area contributed by atoms with Gasteiger partial charge in [-0.3, -0.25) is 14.5 Å². The van der Waals surface area contributed by atoms with Crippen molar-refractivity contribution in [3.63, 3.8) is 0 Å². The summed E-state index contributed by atoms with van der Waals surface area (Å²) in [6.07, 6.45) is 1.35. The van der Waals surface area contributed by atoms with Crippen molar-refractivity contribution in [1.29, 1.82) is 0 Å². The van der Waals surface area contributed by atoms with Crippen molar-refractivity contribution in [2.24, 2.45) is 0 Å². The first-order chi connectivity index (χ1) is 10.1. The van der Waals surface area contributed by atoms with E-state index in [2.05, 4.69) is 0 Å². The molecule has 2 heterocycles. The number of rotatable bonds is 2. The van der Waals surface area contributed by atoms with Crippen LogP contribution in [0.2, 0.25) is 0 Å². The molecule has 0 radical (unpaired) electrons. The molecule has 0 bridgehead atoms. The minimum absolute atomic E-state index is 0.0104. The Morgan fingerprint density at radius 2 is 1.91 bits per heavy atom. The molecule has 0 fully saturated rings. The highest BCUT2D eigenvalue weighted by atomic mass is 32.2. The maximum absolute atomic E-state index is 12.4. The average molecular weight is 341 g/mol. The van der Waals surface area contributed by atoms with Crippen LogP contribution in [0, 0.1) is 0 Å². The van der Waals surface area contributed by atoms with Gasteiger partial charge in [-0.05, 0) is 34.0 Å². The Kier molecular flexibility index (Phi) is 4.67. The van der Waals surface area contributed by atoms with E-state index in [0.717, 1.165) is 4.21 Å². The lowest BCUT2D eigenvalue weighted by Crippen LogP contribution is -2.42. The van der Waals surface area contributed by atoms with Crippen molar-refractivity contribution in [3.05, 3.63) is 16.0 Å². The molecule has 0 unspecified atom stereocenters. The first-order valence-electron chi connectivity index (χ1n) is 6.85. The Morgan fingerprint density at radius 3 is 2.41 bits per heavy atom. The molecule has 2 rings (SSSR count). The van der Waals surface area contributed by atoms with Crippen LogP contribution in [0.5, 0.6) is 0 Å². The zero-order valence-corrected chi connectivity index (χ0v) is 14.9. The zero-order chi connectivity index (χ0) is 16.7. The number of carbonyl (C=O) groups excluding carboxylic acids is 3. The maximum Gasteiger partial charge on any atom is 0.411 e.